The quantitative estimate of drug-likeness (QED) is 0.756. The molecule has 0 spiro atoms. The number of carbonyl (C=O) groups excluding carboxylic acids is 1. The molecule has 0 saturated heterocycles. The Labute approximate surface area is 155 Å². The third kappa shape index (κ3) is 3.70. The van der Waals surface area contributed by atoms with E-state index in [1.165, 1.54) is 35.4 Å². The second-order valence-corrected chi connectivity index (χ2v) is 6.49. The average Bonchev–Trinajstić information content (AvgIpc) is 2.65. The van der Waals surface area contributed by atoms with Gasteiger partial charge in [0.05, 0.1) is 19.8 Å². The lowest BCUT2D eigenvalue weighted by Crippen LogP contribution is -2.68. The monoisotopic (exact) mass is 391 g/mol. The zero-order chi connectivity index (χ0) is 20.5. The van der Waals surface area contributed by atoms with Crippen molar-refractivity contribution in [2.45, 2.75) is 43.7 Å². The van der Waals surface area contributed by atoms with Gasteiger partial charge in [-0.15, -0.1) is 0 Å². The molecule has 0 fully saturated rings. The maximum absolute atomic E-state index is 13.0. The van der Waals surface area contributed by atoms with E-state index >= 15 is 0 Å². The molecule has 1 aromatic carbocycles. The maximum Gasteiger partial charge on any atom is 0.471 e. The van der Waals surface area contributed by atoms with Crippen molar-refractivity contribution >= 4 is 5.91 Å². The third-order valence-electron chi connectivity index (χ3n) is 5.32. The summed E-state index contributed by atoms with van der Waals surface area (Å²) >= 11 is 0. The standard InChI is InChI=1S/C18H24F3NO5/c1-16(26-4,27-5)17(22-15(23)18(19,20)21)9-8-11-12(10-17)14(25-3)7-6-13(11)24-2/h6-7H,8-10H2,1-5H3,(H,22,23). The minimum Gasteiger partial charge on any atom is -0.496 e. The predicted octanol–water partition coefficient (Wildman–Crippen LogP) is 2.62. The molecule has 0 aliphatic heterocycles. The van der Waals surface area contributed by atoms with Crippen LogP contribution in [0.2, 0.25) is 0 Å². The number of ether oxygens (including phenoxy) is 4. The first-order chi connectivity index (χ1) is 12.6. The van der Waals surface area contributed by atoms with Crippen molar-refractivity contribution in [1.29, 1.82) is 0 Å². The summed E-state index contributed by atoms with van der Waals surface area (Å²) in [6.07, 6.45) is -4.52. The van der Waals surface area contributed by atoms with Crippen LogP contribution >= 0.6 is 0 Å². The lowest BCUT2D eigenvalue weighted by atomic mass is 9.72. The van der Waals surface area contributed by atoms with E-state index in [1.54, 1.807) is 12.1 Å². The summed E-state index contributed by atoms with van der Waals surface area (Å²) in [7, 11) is 5.63. The van der Waals surface area contributed by atoms with Crippen molar-refractivity contribution < 1.29 is 36.9 Å². The normalized spacial score (nSPS) is 20.0. The van der Waals surface area contributed by atoms with Gasteiger partial charge in [-0.25, -0.2) is 0 Å². The number of hydrogen-bond donors (Lipinski definition) is 1. The fourth-order valence-corrected chi connectivity index (χ4v) is 3.60. The molecule has 1 aliphatic carbocycles. The smallest absolute Gasteiger partial charge is 0.471 e. The summed E-state index contributed by atoms with van der Waals surface area (Å²) in [6, 6.07) is 3.42. The van der Waals surface area contributed by atoms with Gasteiger partial charge < -0.3 is 24.3 Å². The van der Waals surface area contributed by atoms with Crippen LogP contribution < -0.4 is 14.8 Å². The second-order valence-electron chi connectivity index (χ2n) is 6.49. The molecule has 1 amide bonds. The highest BCUT2D eigenvalue weighted by Gasteiger charge is 2.55. The number of carbonyl (C=O) groups is 1. The van der Waals surface area contributed by atoms with Crippen LogP contribution in [0, 0.1) is 0 Å². The number of halogens is 3. The molecule has 1 unspecified atom stereocenters. The first kappa shape index (κ1) is 21.3. The van der Waals surface area contributed by atoms with Crippen molar-refractivity contribution in [3.8, 4) is 11.5 Å². The first-order valence-electron chi connectivity index (χ1n) is 8.30. The van der Waals surface area contributed by atoms with Crippen LogP contribution in [0.25, 0.3) is 0 Å². The Morgan fingerprint density at radius 3 is 2.00 bits per heavy atom. The molecule has 1 N–H and O–H groups in total. The number of amides is 1. The van der Waals surface area contributed by atoms with E-state index in [1.807, 2.05) is 0 Å². The van der Waals surface area contributed by atoms with Gasteiger partial charge in [-0.3, -0.25) is 4.79 Å². The highest BCUT2D eigenvalue weighted by Crippen LogP contribution is 2.44. The van der Waals surface area contributed by atoms with Crippen molar-refractivity contribution in [2.75, 3.05) is 28.4 Å². The van der Waals surface area contributed by atoms with E-state index in [2.05, 4.69) is 5.32 Å². The molecule has 0 radical (unpaired) electrons. The first-order valence-corrected chi connectivity index (χ1v) is 8.30. The molecule has 9 heteroatoms. The summed E-state index contributed by atoms with van der Waals surface area (Å²) in [5.41, 5.74) is 0.00429. The van der Waals surface area contributed by atoms with E-state index < -0.39 is 23.4 Å². The number of alkyl halides is 3. The number of benzene rings is 1. The van der Waals surface area contributed by atoms with E-state index in [-0.39, 0.29) is 12.8 Å². The summed E-state index contributed by atoms with van der Waals surface area (Å²) in [5, 5.41) is 2.13. The van der Waals surface area contributed by atoms with Gasteiger partial charge in [0.25, 0.3) is 0 Å². The average molecular weight is 391 g/mol. The molecule has 0 aromatic heterocycles. The van der Waals surface area contributed by atoms with Gasteiger partial charge in [-0.05, 0) is 31.9 Å². The SMILES string of the molecule is COc1ccc(OC)c2c1CCC(NC(=O)C(F)(F)F)(C(C)(OC)OC)C2. The minimum absolute atomic E-state index is 0.0166. The van der Waals surface area contributed by atoms with Crippen molar-refractivity contribution in [3.63, 3.8) is 0 Å². The molecule has 152 valence electrons. The summed E-state index contributed by atoms with van der Waals surface area (Å²) < 4.78 is 60.6. The molecule has 0 bridgehead atoms. The molecule has 1 aromatic rings. The van der Waals surface area contributed by atoms with Gasteiger partial charge in [0, 0.05) is 31.8 Å². The number of nitrogens with one attached hydrogen (secondary N) is 1. The lowest BCUT2D eigenvalue weighted by molar-refractivity contribution is -0.249. The number of hydrogen-bond acceptors (Lipinski definition) is 5. The van der Waals surface area contributed by atoms with Crippen molar-refractivity contribution in [2.24, 2.45) is 0 Å². The minimum atomic E-state index is -5.03. The molecule has 6 nitrogen and oxygen atoms in total. The predicted molar refractivity (Wildman–Crippen MR) is 90.9 cm³/mol. The van der Waals surface area contributed by atoms with Gasteiger partial charge >= 0.3 is 12.1 Å². The Hall–Kier alpha value is -2.00. The van der Waals surface area contributed by atoms with E-state index in [9.17, 15) is 18.0 Å². The Morgan fingerprint density at radius 1 is 1.04 bits per heavy atom. The van der Waals surface area contributed by atoms with Crippen molar-refractivity contribution in [3.05, 3.63) is 23.3 Å². The van der Waals surface area contributed by atoms with Gasteiger partial charge in [-0.2, -0.15) is 13.2 Å². The van der Waals surface area contributed by atoms with Crippen LogP contribution in [0.4, 0.5) is 13.2 Å². The van der Waals surface area contributed by atoms with Crippen LogP contribution in [0.5, 0.6) is 11.5 Å². The number of methoxy groups -OCH3 is 4. The van der Waals surface area contributed by atoms with E-state index in [0.29, 0.717) is 23.5 Å². The molecular weight excluding hydrogens is 367 g/mol. The topological polar surface area (TPSA) is 66.0 Å². The highest BCUT2D eigenvalue weighted by molar-refractivity contribution is 5.82. The van der Waals surface area contributed by atoms with Crippen LogP contribution in [0.1, 0.15) is 24.5 Å². The molecule has 1 atom stereocenters. The number of fused-ring (bicyclic) bond motifs is 1. The lowest BCUT2D eigenvalue weighted by Gasteiger charge is -2.49. The van der Waals surface area contributed by atoms with E-state index in [4.69, 9.17) is 18.9 Å². The van der Waals surface area contributed by atoms with Gasteiger partial charge in [0.1, 0.15) is 11.5 Å². The molecule has 27 heavy (non-hydrogen) atoms. The Kier molecular flexibility index (Phi) is 5.96. The van der Waals surface area contributed by atoms with E-state index in [0.717, 1.165) is 5.56 Å². The fourth-order valence-electron chi connectivity index (χ4n) is 3.60. The van der Waals surface area contributed by atoms with Gasteiger partial charge in [0.2, 0.25) is 0 Å². The zero-order valence-corrected chi connectivity index (χ0v) is 16.0. The van der Waals surface area contributed by atoms with Gasteiger partial charge in [-0.1, -0.05) is 0 Å². The summed E-state index contributed by atoms with van der Waals surface area (Å²) in [5.74, 6) is -2.45. The molecule has 2 rings (SSSR count). The van der Waals surface area contributed by atoms with Crippen LogP contribution in [-0.2, 0) is 27.1 Å². The maximum atomic E-state index is 13.0. The van der Waals surface area contributed by atoms with Crippen LogP contribution in [0.3, 0.4) is 0 Å². The largest absolute Gasteiger partial charge is 0.496 e. The van der Waals surface area contributed by atoms with Gasteiger partial charge in [0.15, 0.2) is 5.79 Å². The molecule has 0 saturated carbocycles. The fraction of sp³-hybridized carbons (Fsp3) is 0.611. The van der Waals surface area contributed by atoms with Crippen LogP contribution in [-0.4, -0.2) is 51.8 Å². The Bertz CT molecular complexity index is 703. The number of rotatable bonds is 6. The Morgan fingerprint density at radius 2 is 1.56 bits per heavy atom. The second kappa shape index (κ2) is 7.55. The highest BCUT2D eigenvalue weighted by atomic mass is 19.4. The summed E-state index contributed by atoms with van der Waals surface area (Å²) in [4.78, 5) is 11.8. The van der Waals surface area contributed by atoms with Crippen molar-refractivity contribution in [1.82, 2.24) is 5.32 Å². The molecule has 0 heterocycles. The molecular formula is C18H24F3NO5. The Balaban J connectivity index is 2.60. The summed E-state index contributed by atoms with van der Waals surface area (Å²) in [6.45, 7) is 1.50. The zero-order valence-electron chi connectivity index (χ0n) is 16.0. The van der Waals surface area contributed by atoms with Crippen LogP contribution in [0.15, 0.2) is 12.1 Å². The third-order valence-corrected chi connectivity index (χ3v) is 5.32. The molecule has 1 aliphatic rings.